The summed E-state index contributed by atoms with van der Waals surface area (Å²) in [5, 5.41) is 399. The number of aliphatic hydroxyl groups is 36. The first-order valence-electron chi connectivity index (χ1n) is 46.1. The predicted octanol–water partition coefficient (Wildman–Crippen LogP) is -29.9. The SMILES string of the molecule is N[C@H]1[C@@H](O[C@@H]([C@H](O)[C@@H](N)CO)[C@H](O)CO)O[C@H](CO)[C@@H](O[C@@H]2O[C@H](CO[C@H]3O[C@H](CO[C@H]4O[C@H](CO)[C@@H](O[C@@H]5O[C@H](CO)[C@H](O)[C@H](O)[C@H]5O)[C@H](O)[C@H]4N)[C@@H](O)[C@H](O)[C@@H]3O[C@H]3O[C@H](CO)[C@@H](O[C@@H]4O[C@H](CO)[C@H](O)[C@H](O)[C@H]4O)[C@H](O)[C@H]3N)[C@@H](O)[C@H](O[C@H]3O[C@H](CO)[C@@H](O[C@H]4O[C@H](CO)[C@@H](O[C@@H]5O[C@H](CO)[C@H](O)[C@H](O)[C@H]5O)[C@H](O)[C@H]4N)[C@H](O)[C@@H]3O[C@H]3O[C@H](CO)[C@@H](O[C@@H]4O[C@H](CO)[C@H](O)[C@H](O)[C@H]4O)[C@H](O)[C@H]3N)[C@@H]2O)[C@@H]1O. The Morgan fingerprint density at radius 3 is 0.750 bits per heavy atom. The zero-order valence-electron chi connectivity index (χ0n) is 76.2. The normalized spacial score (nSPS) is 51.5. The molecule has 0 bridgehead atoms. The van der Waals surface area contributed by atoms with E-state index in [1.165, 1.54) is 0 Å². The molecule has 0 aromatic carbocycles. The van der Waals surface area contributed by atoms with E-state index in [2.05, 4.69) is 0 Å². The maximum absolute atomic E-state index is 13.1. The van der Waals surface area contributed by atoms with Gasteiger partial charge in [-0.3, -0.25) is 0 Å². The first kappa shape index (κ1) is 120. The smallest absolute Gasteiger partial charge is 0.187 e. The molecule has 12 aliphatic heterocycles. The van der Waals surface area contributed by atoms with Gasteiger partial charge in [0.05, 0.1) is 129 Å². The summed E-state index contributed by atoms with van der Waals surface area (Å²) in [6.07, 6.45) is -123. The number of nitrogens with two attached hydrogens (primary N) is 6. The Bertz CT molecular complexity index is 3760. The van der Waals surface area contributed by atoms with Crippen molar-refractivity contribution in [2.24, 2.45) is 34.4 Å². The molecule has 0 spiro atoms. The quantitative estimate of drug-likeness (QED) is 0.0270. The minimum absolute atomic E-state index is 0.935. The maximum atomic E-state index is 13.1. The Labute approximate surface area is 814 Å². The third-order valence-electron chi connectivity index (χ3n) is 27.3. The van der Waals surface area contributed by atoms with Crippen LogP contribution in [0.1, 0.15) is 0 Å². The molecule has 48 N–H and O–H groups in total. The molecule has 144 heavy (non-hydrogen) atoms. The average Bonchev–Trinajstić information content (AvgIpc) is 0.722. The molecule has 12 saturated heterocycles. The fourth-order valence-corrected chi connectivity index (χ4v) is 18.5. The van der Waals surface area contributed by atoms with Crippen molar-refractivity contribution in [3.63, 3.8) is 0 Å². The second-order valence-electron chi connectivity index (χ2n) is 36.8. The van der Waals surface area contributed by atoms with Gasteiger partial charge in [-0.05, 0) is 0 Å². The highest BCUT2D eigenvalue weighted by atomic mass is 16.8. The molecular weight excluding hydrogens is 1980 g/mol. The van der Waals surface area contributed by atoms with Gasteiger partial charge < -0.3 is 332 Å². The molecule has 12 heterocycles. The summed E-state index contributed by atoms with van der Waals surface area (Å²) in [6, 6.07) is -11.5. The van der Waals surface area contributed by atoms with E-state index in [0.29, 0.717) is 0 Å². The first-order valence-corrected chi connectivity index (χ1v) is 46.1. The van der Waals surface area contributed by atoms with Crippen molar-refractivity contribution in [1.29, 1.82) is 0 Å². The van der Waals surface area contributed by atoms with Gasteiger partial charge in [-0.2, -0.15) is 0 Å². The number of rotatable bonds is 41. The summed E-state index contributed by atoms with van der Waals surface area (Å²) in [7, 11) is 0. The molecule has 0 aliphatic carbocycles. The zero-order chi connectivity index (χ0) is 106. The van der Waals surface area contributed by atoms with E-state index in [9.17, 15) is 184 Å². The van der Waals surface area contributed by atoms with Crippen molar-refractivity contribution < 1.29 is 298 Å². The van der Waals surface area contributed by atoms with Crippen LogP contribution in [0.4, 0.5) is 0 Å². The fraction of sp³-hybridized carbons (Fsp3) is 1.00. The van der Waals surface area contributed by atoms with E-state index < -0.39 is 485 Å². The highest BCUT2D eigenvalue weighted by molar-refractivity contribution is 5.07. The van der Waals surface area contributed by atoms with Crippen molar-refractivity contribution in [3.05, 3.63) is 0 Å². The Hall–Kier alpha value is -2.64. The van der Waals surface area contributed by atoms with Crippen LogP contribution >= 0.6 is 0 Å². The summed E-state index contributed by atoms with van der Waals surface area (Å²) in [5.74, 6) is 0. The van der Waals surface area contributed by atoms with Crippen LogP contribution in [0.15, 0.2) is 0 Å². The van der Waals surface area contributed by atoms with E-state index in [4.69, 9.17) is 148 Å². The lowest BCUT2D eigenvalue weighted by Crippen LogP contribution is -2.71. The summed E-state index contributed by atoms with van der Waals surface area (Å²) in [5.41, 5.74) is 38.6. The van der Waals surface area contributed by atoms with Gasteiger partial charge >= 0.3 is 0 Å². The molecule has 12 rings (SSSR count). The summed E-state index contributed by atoms with van der Waals surface area (Å²) in [4.78, 5) is 0. The van der Waals surface area contributed by atoms with E-state index in [0.717, 1.165) is 0 Å². The Morgan fingerprint density at radius 2 is 0.424 bits per heavy atom. The summed E-state index contributed by atoms with van der Waals surface area (Å²) >= 11 is 0. The van der Waals surface area contributed by atoms with E-state index in [-0.39, 0.29) is 0 Å². The first-order chi connectivity index (χ1) is 68.3. The highest BCUT2D eigenvalue weighted by Gasteiger charge is 2.63. The molecule has 12 aliphatic rings. The number of ether oxygens (including phenoxy) is 24. The lowest BCUT2D eigenvalue weighted by atomic mass is 9.94. The summed E-state index contributed by atoms with van der Waals surface area (Å²) in [6.45, 7) is -15.8. The topological polar surface area (TPSA) is 1110 Å². The largest absolute Gasteiger partial charge is 0.395 e. The third-order valence-corrected chi connectivity index (χ3v) is 27.3. The van der Waals surface area contributed by atoms with Crippen molar-refractivity contribution >= 4 is 0 Å². The monoisotopic (exact) mass is 2120 g/mol. The predicted molar refractivity (Wildman–Crippen MR) is 442 cm³/mol. The Morgan fingerprint density at radius 1 is 0.194 bits per heavy atom. The van der Waals surface area contributed by atoms with E-state index in [1.54, 1.807) is 0 Å². The van der Waals surface area contributed by atoms with Crippen LogP contribution in [0.2, 0.25) is 0 Å². The molecule has 12 fully saturated rings. The average molecular weight is 2120 g/mol. The molecule has 0 unspecified atom stereocenters. The minimum atomic E-state index is -2.72. The van der Waals surface area contributed by atoms with E-state index in [1.807, 2.05) is 0 Å². The van der Waals surface area contributed by atoms with Gasteiger partial charge in [0.25, 0.3) is 0 Å². The molecule has 0 aromatic heterocycles. The molecule has 0 aromatic rings. The Kier molecular flexibility index (Phi) is 43.9. The van der Waals surface area contributed by atoms with E-state index >= 15 is 0 Å². The van der Waals surface area contributed by atoms with Crippen LogP contribution in [0, 0.1) is 0 Å². The molecular formula is C78H140N6O60. The van der Waals surface area contributed by atoms with Gasteiger partial charge in [0.1, 0.15) is 281 Å². The number of hydrogen-bond acceptors (Lipinski definition) is 66. The zero-order valence-corrected chi connectivity index (χ0v) is 76.2. The molecule has 66 heteroatoms. The standard InChI is InChI=1S/C78H140N6O60/c79-15(1-85)34(98)57(16(97)2-86)135-68-30(81)42(106)62(25(11-95)128-68)141-76-56(120)64(142-78-66(144-71-33(84)45(109)61(24(10-94)131-71)140-75-54(118)49(113)38(102)20(6-90)126-75)55(119)63(26(12-96)132-78)136-69-31(82)43(107)59(22(8-92)129-69)138-73-52(116)47(111)36(100)18(4-88)124-73)40(104)28(133-76)14-122-77-65(143-70-32(83)44(108)60(23(9-93)130-70)139-74-53(117)48(112)37(101)19(5-89)125-74)50(114)39(103)27(134-77)13-121-67-29(80)41(105)58(21(7-91)127-67)137-72-51(115)46(110)35(99)17(3-87)123-72/h15-78,85-120H,1-14,79-84H2/t15-,16+,17+,18+,19+,20+,21+,22+,23+,24+,25+,26+,27+,28+,29+,30+,31+,32+,33+,34+,35-,36-,37-,38-,39+,40+,41+,42+,43+,44+,45+,46-,47-,48-,49-,50-,51+,52+,53+,54+,55-,56-,57+,58+,59+,60+,61+,62+,63+,64-,65-,66-,67-,68+,69+,70+,71+,72-,73-,74-,75-,76-,77-,78+/m0/s1. The fourth-order valence-electron chi connectivity index (χ4n) is 18.5. The van der Waals surface area contributed by atoms with Gasteiger partial charge in [-0.15, -0.1) is 0 Å². The van der Waals surface area contributed by atoms with Gasteiger partial charge in [0.15, 0.2) is 75.5 Å². The number of hydrogen-bond donors (Lipinski definition) is 42. The van der Waals surface area contributed by atoms with Gasteiger partial charge in [0.2, 0.25) is 0 Å². The van der Waals surface area contributed by atoms with Crippen LogP contribution in [-0.4, -0.2) is 669 Å². The lowest BCUT2D eigenvalue weighted by Gasteiger charge is -2.52. The maximum Gasteiger partial charge on any atom is 0.187 e. The summed E-state index contributed by atoms with van der Waals surface area (Å²) < 4.78 is 143. The molecule has 0 saturated carbocycles. The van der Waals surface area contributed by atoms with Crippen LogP contribution in [0.5, 0.6) is 0 Å². The van der Waals surface area contributed by atoms with Gasteiger partial charge in [0, 0.05) is 0 Å². The third kappa shape index (κ3) is 25.5. The number of aliphatic hydroxyl groups excluding tert-OH is 36. The minimum Gasteiger partial charge on any atom is -0.395 e. The van der Waals surface area contributed by atoms with Crippen LogP contribution in [-0.2, 0) is 114 Å². The van der Waals surface area contributed by atoms with Crippen LogP contribution in [0.25, 0.3) is 0 Å². The van der Waals surface area contributed by atoms with Crippen molar-refractivity contribution in [2.45, 2.75) is 393 Å². The van der Waals surface area contributed by atoms with Crippen molar-refractivity contribution in [3.8, 4) is 0 Å². The van der Waals surface area contributed by atoms with Gasteiger partial charge in [-0.25, -0.2) is 0 Å². The van der Waals surface area contributed by atoms with Crippen LogP contribution < -0.4 is 34.4 Å². The molecule has 0 amide bonds. The van der Waals surface area contributed by atoms with Crippen molar-refractivity contribution in [1.82, 2.24) is 0 Å². The molecule has 842 valence electrons. The molecule has 0 radical (unpaired) electrons. The molecule has 64 atom stereocenters. The molecule has 66 nitrogen and oxygen atoms in total. The van der Waals surface area contributed by atoms with Crippen LogP contribution in [0.3, 0.4) is 0 Å². The Balaban J connectivity index is 0.895. The van der Waals surface area contributed by atoms with Gasteiger partial charge in [-0.1, -0.05) is 0 Å². The van der Waals surface area contributed by atoms with Crippen molar-refractivity contribution in [2.75, 3.05) is 92.5 Å². The second kappa shape index (κ2) is 52.7. The second-order valence-corrected chi connectivity index (χ2v) is 36.8. The highest BCUT2D eigenvalue weighted by Crippen LogP contribution is 2.43. The lowest BCUT2D eigenvalue weighted by molar-refractivity contribution is -0.406.